The lowest BCUT2D eigenvalue weighted by atomic mass is 10.1. The van der Waals surface area contributed by atoms with E-state index in [2.05, 4.69) is 15.4 Å². The molecule has 3 heterocycles. The molecule has 0 atom stereocenters. The lowest BCUT2D eigenvalue weighted by Crippen LogP contribution is -2.36. The smallest absolute Gasteiger partial charge is 0.271 e. The molecule has 0 radical (unpaired) electrons. The first-order chi connectivity index (χ1) is 15.3. The molecule has 31 heavy (non-hydrogen) atoms. The largest absolute Gasteiger partial charge is 0.454 e. The number of hydrogen-bond donors (Lipinski definition) is 1. The molecule has 2 aliphatic rings. The van der Waals surface area contributed by atoms with Crippen molar-refractivity contribution in [2.24, 2.45) is 5.10 Å². The third kappa shape index (κ3) is 4.23. The van der Waals surface area contributed by atoms with Gasteiger partial charge < -0.3 is 19.1 Å². The van der Waals surface area contributed by atoms with Gasteiger partial charge in [-0.3, -0.25) is 4.79 Å². The Hall–Kier alpha value is -3.43. The number of carbonyl (C=O) groups is 1. The number of thiazole rings is 1. The minimum Gasteiger partial charge on any atom is -0.454 e. The third-order valence-corrected chi connectivity index (χ3v) is 6.00. The highest BCUT2D eigenvalue weighted by Gasteiger charge is 2.19. The first-order valence-corrected chi connectivity index (χ1v) is 10.7. The van der Waals surface area contributed by atoms with Gasteiger partial charge in [0.05, 0.1) is 30.0 Å². The normalized spacial score (nSPS) is 15.4. The van der Waals surface area contributed by atoms with Crippen molar-refractivity contribution in [3.8, 4) is 22.8 Å². The van der Waals surface area contributed by atoms with Crippen molar-refractivity contribution >= 4 is 28.6 Å². The molecule has 8 nitrogen and oxygen atoms in total. The molecule has 0 aliphatic carbocycles. The quantitative estimate of drug-likeness (QED) is 0.489. The standard InChI is InChI=1S/C22H20N4O4S/c27-21(16-6-7-17-18(12-16)30-14-29-17)25-23-13-19-20(15-4-2-1-3-5-15)24-22(31-19)26-8-10-28-11-9-26/h1-7,12-13H,8-11,14H2,(H,25,27)/b23-13+. The number of benzene rings is 2. The molecule has 0 saturated carbocycles. The maximum absolute atomic E-state index is 12.5. The average molecular weight is 436 g/mol. The number of morpholine rings is 1. The van der Waals surface area contributed by atoms with Crippen molar-refractivity contribution in [1.29, 1.82) is 0 Å². The summed E-state index contributed by atoms with van der Waals surface area (Å²) >= 11 is 1.55. The van der Waals surface area contributed by atoms with E-state index in [1.165, 1.54) is 0 Å². The number of hydrazone groups is 1. The second-order valence-corrected chi connectivity index (χ2v) is 7.95. The van der Waals surface area contributed by atoms with E-state index in [9.17, 15) is 4.79 Å². The predicted octanol–water partition coefficient (Wildman–Crippen LogP) is 3.14. The number of rotatable bonds is 5. The number of nitrogens with zero attached hydrogens (tertiary/aromatic N) is 3. The summed E-state index contributed by atoms with van der Waals surface area (Å²) in [7, 11) is 0. The number of anilines is 1. The van der Waals surface area contributed by atoms with E-state index in [0.717, 1.165) is 34.4 Å². The summed E-state index contributed by atoms with van der Waals surface area (Å²) in [5.41, 5.74) is 4.88. The zero-order chi connectivity index (χ0) is 21.0. The fraction of sp³-hybridized carbons (Fsp3) is 0.227. The van der Waals surface area contributed by atoms with Crippen LogP contribution in [0.15, 0.2) is 53.6 Å². The number of nitrogens with one attached hydrogen (secondary N) is 1. The van der Waals surface area contributed by atoms with Crippen molar-refractivity contribution in [1.82, 2.24) is 10.4 Å². The zero-order valence-corrected chi connectivity index (χ0v) is 17.4. The van der Waals surface area contributed by atoms with Crippen LogP contribution < -0.4 is 19.8 Å². The molecule has 5 rings (SSSR count). The van der Waals surface area contributed by atoms with E-state index in [-0.39, 0.29) is 12.7 Å². The van der Waals surface area contributed by atoms with E-state index in [1.54, 1.807) is 35.8 Å². The fourth-order valence-electron chi connectivity index (χ4n) is 3.35. The lowest BCUT2D eigenvalue weighted by Gasteiger charge is -2.26. The van der Waals surface area contributed by atoms with Gasteiger partial charge in [-0.2, -0.15) is 5.10 Å². The van der Waals surface area contributed by atoms with Crippen LogP contribution in [0.1, 0.15) is 15.2 Å². The second kappa shape index (κ2) is 8.75. The van der Waals surface area contributed by atoms with Gasteiger partial charge >= 0.3 is 0 Å². The first-order valence-electron chi connectivity index (χ1n) is 9.90. The number of amides is 1. The van der Waals surface area contributed by atoms with Gasteiger partial charge in [0, 0.05) is 24.2 Å². The molecule has 2 aromatic carbocycles. The molecule has 1 fully saturated rings. The number of fused-ring (bicyclic) bond motifs is 1. The average Bonchev–Trinajstić information content (AvgIpc) is 3.47. The Morgan fingerprint density at radius 3 is 2.74 bits per heavy atom. The van der Waals surface area contributed by atoms with Gasteiger partial charge in [0.2, 0.25) is 6.79 Å². The van der Waals surface area contributed by atoms with Crippen molar-refractivity contribution in [3.05, 3.63) is 59.0 Å². The summed E-state index contributed by atoms with van der Waals surface area (Å²) in [5, 5.41) is 5.11. The summed E-state index contributed by atoms with van der Waals surface area (Å²) in [6, 6.07) is 15.0. The summed E-state index contributed by atoms with van der Waals surface area (Å²) in [6.07, 6.45) is 1.65. The Morgan fingerprint density at radius 1 is 1.10 bits per heavy atom. The topological polar surface area (TPSA) is 85.3 Å². The second-order valence-electron chi connectivity index (χ2n) is 6.94. The van der Waals surface area contributed by atoms with Gasteiger partial charge in [0.25, 0.3) is 5.91 Å². The molecular formula is C22H20N4O4S. The molecule has 0 bridgehead atoms. The maximum atomic E-state index is 12.5. The van der Waals surface area contributed by atoms with Crippen LogP contribution in [-0.2, 0) is 4.74 Å². The molecule has 1 amide bonds. The van der Waals surface area contributed by atoms with E-state index in [0.29, 0.717) is 30.3 Å². The van der Waals surface area contributed by atoms with Crippen LogP contribution in [0.25, 0.3) is 11.3 Å². The first kappa shape index (κ1) is 19.5. The van der Waals surface area contributed by atoms with E-state index in [1.807, 2.05) is 30.3 Å². The Morgan fingerprint density at radius 2 is 1.90 bits per heavy atom. The minimum atomic E-state index is -0.325. The molecule has 1 aromatic heterocycles. The van der Waals surface area contributed by atoms with E-state index >= 15 is 0 Å². The number of carbonyl (C=O) groups excluding carboxylic acids is 1. The molecule has 2 aliphatic heterocycles. The number of hydrogen-bond acceptors (Lipinski definition) is 8. The van der Waals surface area contributed by atoms with Crippen LogP contribution in [0.3, 0.4) is 0 Å². The Bertz CT molecular complexity index is 1110. The van der Waals surface area contributed by atoms with Crippen LogP contribution >= 0.6 is 11.3 Å². The number of aromatic nitrogens is 1. The Labute approximate surface area is 183 Å². The molecule has 1 saturated heterocycles. The van der Waals surface area contributed by atoms with Gasteiger partial charge in [0.15, 0.2) is 16.6 Å². The molecule has 9 heteroatoms. The zero-order valence-electron chi connectivity index (χ0n) is 16.6. The monoisotopic (exact) mass is 436 g/mol. The Balaban J connectivity index is 1.36. The summed E-state index contributed by atoms with van der Waals surface area (Å²) < 4.78 is 16.1. The maximum Gasteiger partial charge on any atom is 0.271 e. The van der Waals surface area contributed by atoms with Crippen molar-refractivity contribution in [2.75, 3.05) is 38.0 Å². The van der Waals surface area contributed by atoms with Gasteiger partial charge in [-0.15, -0.1) is 0 Å². The summed E-state index contributed by atoms with van der Waals surface area (Å²) in [6.45, 7) is 3.15. The highest BCUT2D eigenvalue weighted by atomic mass is 32.1. The van der Waals surface area contributed by atoms with Crippen molar-refractivity contribution in [3.63, 3.8) is 0 Å². The summed E-state index contributed by atoms with van der Waals surface area (Å²) in [4.78, 5) is 20.4. The predicted molar refractivity (Wildman–Crippen MR) is 118 cm³/mol. The minimum absolute atomic E-state index is 0.164. The highest BCUT2D eigenvalue weighted by Crippen LogP contribution is 2.33. The van der Waals surface area contributed by atoms with Crippen LogP contribution in [0.2, 0.25) is 0 Å². The van der Waals surface area contributed by atoms with Gasteiger partial charge in [-0.1, -0.05) is 41.7 Å². The lowest BCUT2D eigenvalue weighted by molar-refractivity contribution is 0.0954. The third-order valence-electron chi connectivity index (χ3n) is 4.95. The molecule has 0 unspecified atom stereocenters. The van der Waals surface area contributed by atoms with Crippen LogP contribution in [0.4, 0.5) is 5.13 Å². The SMILES string of the molecule is O=C(N/N=C/c1sc(N2CCOCC2)nc1-c1ccccc1)c1ccc2c(c1)OCO2. The van der Waals surface area contributed by atoms with Gasteiger partial charge in [-0.25, -0.2) is 10.4 Å². The van der Waals surface area contributed by atoms with E-state index in [4.69, 9.17) is 19.2 Å². The highest BCUT2D eigenvalue weighted by molar-refractivity contribution is 7.17. The van der Waals surface area contributed by atoms with Gasteiger partial charge in [-0.05, 0) is 18.2 Å². The molecule has 1 N–H and O–H groups in total. The molecule has 3 aromatic rings. The van der Waals surface area contributed by atoms with E-state index < -0.39 is 0 Å². The van der Waals surface area contributed by atoms with Crippen LogP contribution in [0.5, 0.6) is 11.5 Å². The number of ether oxygens (including phenoxy) is 3. The fourth-order valence-corrected chi connectivity index (χ4v) is 4.36. The van der Waals surface area contributed by atoms with Crippen molar-refractivity contribution < 1.29 is 19.0 Å². The molecule has 158 valence electrons. The van der Waals surface area contributed by atoms with Crippen LogP contribution in [0, 0.1) is 0 Å². The Kier molecular flexibility index (Phi) is 5.51. The van der Waals surface area contributed by atoms with Crippen molar-refractivity contribution in [2.45, 2.75) is 0 Å². The molecular weight excluding hydrogens is 416 g/mol. The summed E-state index contributed by atoms with van der Waals surface area (Å²) in [5.74, 6) is 0.863. The van der Waals surface area contributed by atoms with Gasteiger partial charge in [0.1, 0.15) is 0 Å². The van der Waals surface area contributed by atoms with Crippen LogP contribution in [-0.4, -0.2) is 50.2 Å². The molecule has 0 spiro atoms.